The summed E-state index contributed by atoms with van der Waals surface area (Å²) >= 11 is 3.45. The van der Waals surface area contributed by atoms with E-state index in [-0.39, 0.29) is 18.3 Å². The molecule has 3 N–H and O–H groups in total. The van der Waals surface area contributed by atoms with E-state index in [4.69, 9.17) is 4.74 Å². The molecule has 1 unspecified atom stereocenters. The van der Waals surface area contributed by atoms with Crippen LogP contribution in [0.2, 0.25) is 0 Å². The summed E-state index contributed by atoms with van der Waals surface area (Å²) in [6, 6.07) is 5.26. The molecule has 3 rings (SSSR count). The highest BCUT2D eigenvalue weighted by molar-refractivity contribution is 9.10. The maximum atomic E-state index is 12.5. The molecule has 0 radical (unpaired) electrons. The SMILES string of the molecule is CCOC(=O)c1n[nH]c(C(C)NC(=O)c2cc3cc(Br)cc(C)c3[nH]2)n1. The van der Waals surface area contributed by atoms with Crippen molar-refractivity contribution in [1.29, 1.82) is 0 Å². The van der Waals surface area contributed by atoms with E-state index >= 15 is 0 Å². The normalized spacial score (nSPS) is 12.2. The van der Waals surface area contributed by atoms with Crippen LogP contribution < -0.4 is 5.32 Å². The van der Waals surface area contributed by atoms with Gasteiger partial charge in [0.2, 0.25) is 0 Å². The van der Waals surface area contributed by atoms with E-state index in [0.717, 1.165) is 20.9 Å². The second-order valence-electron chi connectivity index (χ2n) is 5.83. The molecule has 1 amide bonds. The Balaban J connectivity index is 1.75. The van der Waals surface area contributed by atoms with E-state index in [1.165, 1.54) is 0 Å². The van der Waals surface area contributed by atoms with Gasteiger partial charge < -0.3 is 15.0 Å². The summed E-state index contributed by atoms with van der Waals surface area (Å²) in [6.07, 6.45) is 0. The number of benzene rings is 1. The van der Waals surface area contributed by atoms with E-state index < -0.39 is 12.0 Å². The Labute approximate surface area is 157 Å². The van der Waals surface area contributed by atoms with E-state index in [1.54, 1.807) is 19.9 Å². The van der Waals surface area contributed by atoms with Crippen molar-refractivity contribution in [1.82, 2.24) is 25.5 Å². The van der Waals surface area contributed by atoms with Crippen molar-refractivity contribution in [3.63, 3.8) is 0 Å². The van der Waals surface area contributed by atoms with E-state index in [1.807, 2.05) is 19.1 Å². The summed E-state index contributed by atoms with van der Waals surface area (Å²) in [4.78, 5) is 31.4. The highest BCUT2D eigenvalue weighted by atomic mass is 79.9. The topological polar surface area (TPSA) is 113 Å². The number of ether oxygens (including phenoxy) is 1. The van der Waals surface area contributed by atoms with E-state index in [2.05, 4.69) is 41.4 Å². The Morgan fingerprint density at radius 3 is 2.85 bits per heavy atom. The molecule has 26 heavy (non-hydrogen) atoms. The third-order valence-electron chi connectivity index (χ3n) is 3.85. The van der Waals surface area contributed by atoms with Gasteiger partial charge in [0.05, 0.1) is 12.6 Å². The molecule has 0 spiro atoms. The molecule has 0 saturated heterocycles. The Kier molecular flexibility index (Phi) is 5.08. The number of aromatic amines is 2. The minimum atomic E-state index is -0.606. The maximum Gasteiger partial charge on any atom is 0.378 e. The average Bonchev–Trinajstić information content (AvgIpc) is 3.22. The van der Waals surface area contributed by atoms with Gasteiger partial charge in [0.15, 0.2) is 0 Å². The molecule has 2 aromatic heterocycles. The molecule has 1 atom stereocenters. The summed E-state index contributed by atoms with van der Waals surface area (Å²) < 4.78 is 5.80. The number of halogens is 1. The predicted octanol–water partition coefficient (Wildman–Crippen LogP) is 3.02. The second-order valence-corrected chi connectivity index (χ2v) is 6.75. The van der Waals surface area contributed by atoms with E-state index in [9.17, 15) is 9.59 Å². The zero-order valence-electron chi connectivity index (χ0n) is 14.5. The predicted molar refractivity (Wildman–Crippen MR) is 99.0 cm³/mol. The van der Waals surface area contributed by atoms with Crippen molar-refractivity contribution in [3.8, 4) is 0 Å². The van der Waals surface area contributed by atoms with Crippen LogP contribution in [-0.2, 0) is 4.74 Å². The van der Waals surface area contributed by atoms with Gasteiger partial charge in [-0.15, -0.1) is 5.10 Å². The van der Waals surface area contributed by atoms with Crippen LogP contribution in [0, 0.1) is 6.92 Å². The lowest BCUT2D eigenvalue weighted by atomic mass is 10.2. The lowest BCUT2D eigenvalue weighted by molar-refractivity contribution is 0.0512. The van der Waals surface area contributed by atoms with Crippen LogP contribution in [0.1, 0.15) is 52.4 Å². The van der Waals surface area contributed by atoms with Crippen molar-refractivity contribution in [3.05, 3.63) is 45.6 Å². The number of nitrogens with one attached hydrogen (secondary N) is 3. The Bertz CT molecular complexity index is 978. The van der Waals surface area contributed by atoms with Gasteiger partial charge in [-0.2, -0.15) is 0 Å². The molecule has 9 heteroatoms. The number of aryl methyl sites for hydroxylation is 1. The fraction of sp³-hybridized carbons (Fsp3) is 0.294. The minimum Gasteiger partial charge on any atom is -0.460 e. The van der Waals surface area contributed by atoms with Crippen molar-refractivity contribution in [2.24, 2.45) is 0 Å². The van der Waals surface area contributed by atoms with Gasteiger partial charge in [-0.25, -0.2) is 9.78 Å². The third-order valence-corrected chi connectivity index (χ3v) is 4.31. The van der Waals surface area contributed by atoms with Crippen molar-refractivity contribution < 1.29 is 14.3 Å². The standard InChI is InChI=1S/C17H18BrN5O3/c1-4-26-17(25)15-21-14(22-23-15)9(3)19-16(24)12-7-10-6-11(18)5-8(2)13(10)20-12/h5-7,9,20H,4H2,1-3H3,(H,19,24)(H,21,22,23). The molecular formula is C17H18BrN5O3. The van der Waals surface area contributed by atoms with Crippen LogP contribution in [0.15, 0.2) is 22.7 Å². The van der Waals surface area contributed by atoms with Crippen LogP contribution in [-0.4, -0.2) is 38.6 Å². The van der Waals surface area contributed by atoms with Crippen LogP contribution >= 0.6 is 15.9 Å². The van der Waals surface area contributed by atoms with Gasteiger partial charge >= 0.3 is 5.97 Å². The number of carbonyl (C=O) groups is 2. The summed E-state index contributed by atoms with van der Waals surface area (Å²) in [5.74, 6) is -0.575. The quantitative estimate of drug-likeness (QED) is 0.550. The highest BCUT2D eigenvalue weighted by Gasteiger charge is 2.20. The first-order valence-corrected chi connectivity index (χ1v) is 8.87. The Hall–Kier alpha value is -2.68. The molecule has 0 aliphatic carbocycles. The highest BCUT2D eigenvalue weighted by Crippen LogP contribution is 2.24. The first-order valence-electron chi connectivity index (χ1n) is 8.08. The molecule has 3 aromatic rings. The van der Waals surface area contributed by atoms with Crippen molar-refractivity contribution in [2.75, 3.05) is 6.61 Å². The number of fused-ring (bicyclic) bond motifs is 1. The third kappa shape index (κ3) is 3.62. The molecule has 1 aromatic carbocycles. The average molecular weight is 420 g/mol. The van der Waals surface area contributed by atoms with Crippen molar-refractivity contribution >= 4 is 38.7 Å². The number of hydrogen-bond acceptors (Lipinski definition) is 5. The number of hydrogen-bond donors (Lipinski definition) is 3. The maximum absolute atomic E-state index is 12.5. The number of carbonyl (C=O) groups excluding carboxylic acids is 2. The smallest absolute Gasteiger partial charge is 0.378 e. The van der Waals surface area contributed by atoms with Crippen LogP contribution in [0.5, 0.6) is 0 Å². The van der Waals surface area contributed by atoms with Gasteiger partial charge in [-0.3, -0.25) is 9.89 Å². The number of esters is 1. The largest absolute Gasteiger partial charge is 0.460 e. The number of aromatic nitrogens is 4. The molecule has 136 valence electrons. The van der Waals surface area contributed by atoms with Crippen molar-refractivity contribution in [2.45, 2.75) is 26.8 Å². The van der Waals surface area contributed by atoms with Crippen LogP contribution in [0.4, 0.5) is 0 Å². The zero-order chi connectivity index (χ0) is 18.8. The molecule has 0 aliphatic heterocycles. The lowest BCUT2D eigenvalue weighted by Gasteiger charge is -2.09. The monoisotopic (exact) mass is 419 g/mol. The Morgan fingerprint density at radius 2 is 2.12 bits per heavy atom. The first-order chi connectivity index (χ1) is 12.4. The van der Waals surface area contributed by atoms with E-state index in [0.29, 0.717) is 11.5 Å². The molecular weight excluding hydrogens is 402 g/mol. The Morgan fingerprint density at radius 1 is 1.35 bits per heavy atom. The first kappa shape index (κ1) is 18.1. The van der Waals surface area contributed by atoms with Gasteiger partial charge in [-0.1, -0.05) is 15.9 Å². The summed E-state index contributed by atoms with van der Waals surface area (Å²) in [6.45, 7) is 5.66. The van der Waals surface area contributed by atoms with Gasteiger partial charge in [0.1, 0.15) is 11.5 Å². The molecule has 2 heterocycles. The zero-order valence-corrected chi connectivity index (χ0v) is 16.1. The fourth-order valence-corrected chi connectivity index (χ4v) is 3.19. The summed E-state index contributed by atoms with van der Waals surface area (Å²) in [7, 11) is 0. The molecule has 0 aliphatic rings. The van der Waals surface area contributed by atoms with Gasteiger partial charge in [0.25, 0.3) is 11.7 Å². The minimum absolute atomic E-state index is 0.0611. The summed E-state index contributed by atoms with van der Waals surface area (Å²) in [5.41, 5.74) is 2.39. The lowest BCUT2D eigenvalue weighted by Crippen LogP contribution is -2.27. The van der Waals surface area contributed by atoms with Gasteiger partial charge in [-0.05, 0) is 44.5 Å². The number of amides is 1. The molecule has 0 fully saturated rings. The molecule has 8 nitrogen and oxygen atoms in total. The number of rotatable bonds is 5. The van der Waals surface area contributed by atoms with Crippen LogP contribution in [0.25, 0.3) is 10.9 Å². The molecule has 0 bridgehead atoms. The number of nitrogens with zero attached hydrogens (tertiary/aromatic N) is 2. The molecule has 0 saturated carbocycles. The fourth-order valence-electron chi connectivity index (χ4n) is 2.60. The van der Waals surface area contributed by atoms with Gasteiger partial charge in [0, 0.05) is 15.4 Å². The second kappa shape index (κ2) is 7.28. The summed E-state index contributed by atoms with van der Waals surface area (Å²) in [5, 5.41) is 10.2. The van der Waals surface area contributed by atoms with Crippen LogP contribution in [0.3, 0.4) is 0 Å². The number of H-pyrrole nitrogens is 2.